The van der Waals surface area contributed by atoms with E-state index in [0.29, 0.717) is 6.42 Å². The molecule has 1 aromatic carbocycles. The number of carbonyl (C=O) groups excluding carboxylic acids is 1. The third-order valence-electron chi connectivity index (χ3n) is 2.94. The molecular weight excluding hydrogens is 335 g/mol. The quantitative estimate of drug-likeness (QED) is 0.372. The molecule has 9 heteroatoms. The summed E-state index contributed by atoms with van der Waals surface area (Å²) in [6.45, 7) is 1.83. The molecule has 0 aliphatic rings. The molecule has 0 saturated carbocycles. The molecule has 0 aliphatic heterocycles. The molecule has 1 atom stereocenters. The van der Waals surface area contributed by atoms with Crippen molar-refractivity contribution in [2.24, 2.45) is 0 Å². The number of rotatable bonds is 6. The molecule has 1 unspecified atom stereocenters. The van der Waals surface area contributed by atoms with E-state index in [1.807, 2.05) is 37.4 Å². The number of para-hydroxylation sites is 1. The van der Waals surface area contributed by atoms with Crippen molar-refractivity contribution in [3.05, 3.63) is 36.0 Å². The Morgan fingerprint density at radius 1 is 1.41 bits per heavy atom. The Morgan fingerprint density at radius 2 is 2.09 bits per heavy atom. The van der Waals surface area contributed by atoms with Crippen LogP contribution in [0.1, 0.15) is 12.5 Å². The minimum absolute atomic E-state index is 0. The summed E-state index contributed by atoms with van der Waals surface area (Å²) in [5, 5.41) is 3.77. The molecule has 6 nitrogen and oxygen atoms in total. The minimum atomic E-state index is -4.43. The Labute approximate surface area is 154 Å². The van der Waals surface area contributed by atoms with Crippen molar-refractivity contribution in [1.29, 1.82) is 0 Å². The van der Waals surface area contributed by atoms with E-state index in [4.69, 9.17) is 0 Å². The third-order valence-corrected chi connectivity index (χ3v) is 4.83. The molecule has 0 spiro atoms. The van der Waals surface area contributed by atoms with Gasteiger partial charge < -0.3 is 14.9 Å². The Balaban J connectivity index is 0.00000242. The summed E-state index contributed by atoms with van der Waals surface area (Å²) in [4.78, 5) is 14.7. The predicted octanol–water partition coefficient (Wildman–Crippen LogP) is -1.59. The van der Waals surface area contributed by atoms with Crippen LogP contribution in [0.5, 0.6) is 0 Å². The van der Waals surface area contributed by atoms with Crippen molar-refractivity contribution in [2.75, 3.05) is 5.75 Å². The summed E-state index contributed by atoms with van der Waals surface area (Å²) in [6, 6.07) is 7.69. The number of benzene rings is 1. The molecule has 1 amide bonds. The van der Waals surface area contributed by atoms with Gasteiger partial charge in [-0.15, -0.1) is 0 Å². The van der Waals surface area contributed by atoms with E-state index in [1.165, 1.54) is 0 Å². The zero-order chi connectivity index (χ0) is 15.5. The van der Waals surface area contributed by atoms with Gasteiger partial charge in [-0.2, -0.15) is 0 Å². The molecule has 1 aromatic heterocycles. The van der Waals surface area contributed by atoms with E-state index < -0.39 is 15.1 Å². The second kappa shape index (κ2) is 8.37. The number of amides is 1. The summed E-state index contributed by atoms with van der Waals surface area (Å²) in [7, 11) is -4.34. The third kappa shape index (κ3) is 5.94. The SMILES string of the molecule is CC(Cc1c[nH]c2ccccc12)NC(=O)CSS(=O)(=O)[O-].[Na+]. The second-order valence-electron chi connectivity index (χ2n) is 4.70. The van der Waals surface area contributed by atoms with E-state index in [2.05, 4.69) is 10.3 Å². The largest absolute Gasteiger partial charge is 1.00 e. The van der Waals surface area contributed by atoms with Crippen LogP contribution in [0.25, 0.3) is 10.9 Å². The normalized spacial score (nSPS) is 12.6. The molecule has 1 heterocycles. The van der Waals surface area contributed by atoms with E-state index in [9.17, 15) is 17.8 Å². The van der Waals surface area contributed by atoms with Gasteiger partial charge in [0.25, 0.3) is 0 Å². The number of hydrogen-bond donors (Lipinski definition) is 2. The van der Waals surface area contributed by atoms with Crippen molar-refractivity contribution in [2.45, 2.75) is 19.4 Å². The van der Waals surface area contributed by atoms with Gasteiger partial charge in [0.15, 0.2) is 0 Å². The topological polar surface area (TPSA) is 102 Å². The standard InChI is InChI=1S/C13H16N2O4S2.Na/c1-9(15-13(16)8-20-21(17,18)19)6-10-7-14-12-5-3-2-4-11(10)12;/h2-5,7,9,14H,6,8H2,1H3,(H,15,16)(H,17,18,19);/q;+1/p-1. The van der Waals surface area contributed by atoms with Crippen molar-refractivity contribution in [3.63, 3.8) is 0 Å². The number of aromatic amines is 1. The van der Waals surface area contributed by atoms with Gasteiger partial charge in [-0.25, -0.2) is 8.42 Å². The van der Waals surface area contributed by atoms with Crippen LogP contribution in [0.3, 0.4) is 0 Å². The van der Waals surface area contributed by atoms with E-state index in [0.717, 1.165) is 16.5 Å². The fourth-order valence-electron chi connectivity index (χ4n) is 2.12. The molecule has 0 bridgehead atoms. The minimum Gasteiger partial charge on any atom is -0.739 e. The molecule has 2 rings (SSSR count). The fourth-order valence-corrected chi connectivity index (χ4v) is 3.21. The second-order valence-corrected chi connectivity index (χ2v) is 7.98. The number of aromatic nitrogens is 1. The van der Waals surface area contributed by atoms with Gasteiger partial charge in [0.2, 0.25) is 5.91 Å². The Kier molecular flexibility index (Phi) is 7.43. The summed E-state index contributed by atoms with van der Waals surface area (Å²) >= 11 is 0. The van der Waals surface area contributed by atoms with Gasteiger partial charge in [0, 0.05) is 23.1 Å². The average Bonchev–Trinajstić information content (AvgIpc) is 2.79. The monoisotopic (exact) mass is 350 g/mol. The molecule has 114 valence electrons. The molecule has 2 N–H and O–H groups in total. The first-order valence-corrected chi connectivity index (χ1v) is 9.21. The van der Waals surface area contributed by atoms with Crippen LogP contribution in [0, 0.1) is 0 Å². The van der Waals surface area contributed by atoms with Crippen molar-refractivity contribution in [1.82, 2.24) is 10.3 Å². The maximum absolute atomic E-state index is 11.5. The first kappa shape index (κ1) is 19.5. The maximum atomic E-state index is 11.5. The summed E-state index contributed by atoms with van der Waals surface area (Å²) < 4.78 is 31.3. The number of fused-ring (bicyclic) bond motifs is 1. The van der Waals surface area contributed by atoms with Crippen LogP contribution in [0.15, 0.2) is 30.5 Å². The van der Waals surface area contributed by atoms with Crippen LogP contribution in [0.2, 0.25) is 0 Å². The van der Waals surface area contributed by atoms with Gasteiger partial charge in [-0.3, -0.25) is 4.79 Å². The van der Waals surface area contributed by atoms with E-state index >= 15 is 0 Å². The van der Waals surface area contributed by atoms with Gasteiger partial charge >= 0.3 is 29.6 Å². The Hall–Kier alpha value is -0.510. The van der Waals surface area contributed by atoms with Crippen molar-refractivity contribution in [3.8, 4) is 0 Å². The van der Waals surface area contributed by atoms with E-state index in [-0.39, 0.29) is 52.1 Å². The van der Waals surface area contributed by atoms with Crippen LogP contribution in [-0.2, 0) is 20.4 Å². The molecule has 0 saturated heterocycles. The Bertz CT molecular complexity index is 745. The van der Waals surface area contributed by atoms with Gasteiger partial charge in [0.05, 0.1) is 5.75 Å². The number of H-pyrrole nitrogens is 1. The maximum Gasteiger partial charge on any atom is 1.00 e. The number of carbonyl (C=O) groups is 1. The van der Waals surface area contributed by atoms with E-state index in [1.54, 1.807) is 0 Å². The van der Waals surface area contributed by atoms with Crippen LogP contribution in [-0.4, -0.2) is 35.7 Å². The van der Waals surface area contributed by atoms with Gasteiger partial charge in [-0.1, -0.05) is 18.2 Å². The first-order chi connectivity index (χ1) is 9.85. The molecule has 22 heavy (non-hydrogen) atoms. The fraction of sp³-hybridized carbons (Fsp3) is 0.308. The first-order valence-electron chi connectivity index (χ1n) is 6.30. The van der Waals surface area contributed by atoms with Crippen LogP contribution in [0.4, 0.5) is 0 Å². The molecule has 2 aromatic rings. The molecule has 0 fully saturated rings. The van der Waals surface area contributed by atoms with Gasteiger partial charge in [0.1, 0.15) is 9.15 Å². The molecule has 0 aliphatic carbocycles. The number of nitrogens with one attached hydrogen (secondary N) is 2. The summed E-state index contributed by atoms with van der Waals surface area (Å²) in [6.07, 6.45) is 2.51. The zero-order valence-electron chi connectivity index (χ0n) is 12.3. The molecular formula is C13H15N2NaO4S2. The van der Waals surface area contributed by atoms with Crippen LogP contribution < -0.4 is 34.9 Å². The van der Waals surface area contributed by atoms with Crippen LogP contribution >= 0.6 is 10.8 Å². The summed E-state index contributed by atoms with van der Waals surface area (Å²) in [5.74, 6) is -0.851. The Morgan fingerprint density at radius 3 is 2.77 bits per heavy atom. The number of hydrogen-bond acceptors (Lipinski definition) is 5. The smallest absolute Gasteiger partial charge is 0.739 e. The van der Waals surface area contributed by atoms with Crippen molar-refractivity contribution < 1.29 is 47.3 Å². The zero-order valence-corrected chi connectivity index (χ0v) is 16.0. The van der Waals surface area contributed by atoms with Gasteiger partial charge in [-0.05, 0) is 35.8 Å². The predicted molar refractivity (Wildman–Crippen MR) is 81.8 cm³/mol. The van der Waals surface area contributed by atoms with Crippen molar-refractivity contribution >= 4 is 36.8 Å². The molecule has 0 radical (unpaired) electrons. The average molecular weight is 350 g/mol. The summed E-state index contributed by atoms with van der Waals surface area (Å²) in [5.41, 5.74) is 2.10.